The Balaban J connectivity index is 0.00000137. The number of rotatable bonds is 7. The molecule has 0 unspecified atom stereocenters. The molecule has 0 radical (unpaired) electrons. The van der Waals surface area contributed by atoms with E-state index in [2.05, 4.69) is 25.7 Å². The summed E-state index contributed by atoms with van der Waals surface area (Å²) in [7, 11) is 0. The molecule has 1 aliphatic heterocycles. The lowest BCUT2D eigenvalue weighted by Gasteiger charge is -2.31. The first-order valence-corrected chi connectivity index (χ1v) is 7.64. The van der Waals surface area contributed by atoms with Crippen LogP contribution in [0.5, 0.6) is 0 Å². The number of nitrogens with zero attached hydrogens (tertiary/aromatic N) is 1. The molecule has 0 saturated carbocycles. The highest BCUT2D eigenvalue weighted by Gasteiger charge is 2.18. The monoisotopic (exact) mass is 259 g/mol. The van der Waals surface area contributed by atoms with Crippen molar-refractivity contribution < 1.29 is 9.47 Å². The van der Waals surface area contributed by atoms with Gasteiger partial charge in [-0.05, 0) is 25.3 Å². The van der Waals surface area contributed by atoms with Crippen LogP contribution in [0.15, 0.2) is 0 Å². The third kappa shape index (κ3) is 8.90. The van der Waals surface area contributed by atoms with Gasteiger partial charge in [0.25, 0.3) is 0 Å². The van der Waals surface area contributed by atoms with Crippen molar-refractivity contribution in [3.8, 4) is 0 Å². The maximum Gasteiger partial charge on any atom is 0.0935 e. The fraction of sp³-hybridized carbons (Fsp3) is 1.00. The van der Waals surface area contributed by atoms with Crippen LogP contribution in [-0.4, -0.2) is 50.5 Å². The van der Waals surface area contributed by atoms with Crippen LogP contribution in [0.25, 0.3) is 0 Å². The Morgan fingerprint density at radius 1 is 1.33 bits per heavy atom. The van der Waals surface area contributed by atoms with Crippen LogP contribution in [0, 0.1) is 5.92 Å². The van der Waals surface area contributed by atoms with Crippen molar-refractivity contribution in [3.63, 3.8) is 0 Å². The van der Waals surface area contributed by atoms with Crippen molar-refractivity contribution in [2.24, 2.45) is 5.92 Å². The van der Waals surface area contributed by atoms with E-state index in [1.807, 2.05) is 13.8 Å². The minimum Gasteiger partial charge on any atom is -0.379 e. The number of morpholine rings is 1. The molecule has 0 aromatic rings. The zero-order chi connectivity index (χ0) is 13.8. The number of hydrogen-bond acceptors (Lipinski definition) is 3. The topological polar surface area (TPSA) is 21.7 Å². The second-order valence-electron chi connectivity index (χ2n) is 5.00. The summed E-state index contributed by atoms with van der Waals surface area (Å²) in [5, 5.41) is 0. The average Bonchev–Trinajstić information content (AvgIpc) is 2.40. The lowest BCUT2D eigenvalue weighted by atomic mass is 10.1. The van der Waals surface area contributed by atoms with Gasteiger partial charge in [0.05, 0.1) is 19.3 Å². The number of likely N-dealkylation sites (N-methyl/N-ethyl adjacent to an activating group) is 1. The van der Waals surface area contributed by atoms with E-state index in [-0.39, 0.29) is 6.10 Å². The van der Waals surface area contributed by atoms with Crippen LogP contribution in [0.4, 0.5) is 0 Å². The molecule has 3 heteroatoms. The van der Waals surface area contributed by atoms with Crippen LogP contribution >= 0.6 is 0 Å². The molecule has 0 aliphatic carbocycles. The Bertz CT molecular complexity index is 174. The van der Waals surface area contributed by atoms with Gasteiger partial charge < -0.3 is 9.47 Å². The lowest BCUT2D eigenvalue weighted by molar-refractivity contribution is -0.0683. The average molecular weight is 259 g/mol. The number of ether oxygens (including phenoxy) is 2. The van der Waals surface area contributed by atoms with Crippen molar-refractivity contribution in [2.45, 2.75) is 53.6 Å². The van der Waals surface area contributed by atoms with Crippen molar-refractivity contribution in [1.29, 1.82) is 0 Å². The van der Waals surface area contributed by atoms with E-state index in [1.165, 1.54) is 12.8 Å². The quantitative estimate of drug-likeness (QED) is 0.655. The second kappa shape index (κ2) is 11.9. The van der Waals surface area contributed by atoms with Gasteiger partial charge in [-0.2, -0.15) is 0 Å². The molecule has 0 amide bonds. The molecule has 0 spiro atoms. The molecule has 1 atom stereocenters. The van der Waals surface area contributed by atoms with Crippen molar-refractivity contribution in [2.75, 3.05) is 39.5 Å². The van der Waals surface area contributed by atoms with Crippen LogP contribution in [0.3, 0.4) is 0 Å². The molecular weight excluding hydrogens is 226 g/mol. The van der Waals surface area contributed by atoms with E-state index in [4.69, 9.17) is 9.47 Å². The Hall–Kier alpha value is -0.120. The first-order chi connectivity index (χ1) is 8.72. The summed E-state index contributed by atoms with van der Waals surface area (Å²) >= 11 is 0. The highest BCUT2D eigenvalue weighted by Crippen LogP contribution is 2.07. The van der Waals surface area contributed by atoms with Crippen LogP contribution in [0.2, 0.25) is 0 Å². The number of hydrogen-bond donors (Lipinski definition) is 0. The van der Waals surface area contributed by atoms with Gasteiger partial charge in [0.1, 0.15) is 0 Å². The molecule has 1 saturated heterocycles. The highest BCUT2D eigenvalue weighted by molar-refractivity contribution is 4.69. The Morgan fingerprint density at radius 3 is 2.67 bits per heavy atom. The summed E-state index contributed by atoms with van der Waals surface area (Å²) in [6, 6.07) is 0. The van der Waals surface area contributed by atoms with Gasteiger partial charge in [0.15, 0.2) is 0 Å². The van der Waals surface area contributed by atoms with Gasteiger partial charge >= 0.3 is 0 Å². The van der Waals surface area contributed by atoms with Crippen molar-refractivity contribution in [1.82, 2.24) is 4.90 Å². The van der Waals surface area contributed by atoms with E-state index in [1.54, 1.807) is 0 Å². The summed E-state index contributed by atoms with van der Waals surface area (Å²) < 4.78 is 11.3. The molecule has 18 heavy (non-hydrogen) atoms. The maximum absolute atomic E-state index is 5.67. The first kappa shape index (κ1) is 17.9. The lowest BCUT2D eigenvalue weighted by Crippen LogP contribution is -2.44. The smallest absolute Gasteiger partial charge is 0.0935 e. The van der Waals surface area contributed by atoms with E-state index < -0.39 is 0 Å². The van der Waals surface area contributed by atoms with Gasteiger partial charge in [-0.25, -0.2) is 0 Å². The van der Waals surface area contributed by atoms with E-state index in [9.17, 15) is 0 Å². The van der Waals surface area contributed by atoms with Gasteiger partial charge in [0, 0.05) is 19.7 Å². The van der Waals surface area contributed by atoms with Gasteiger partial charge in [-0.1, -0.05) is 34.6 Å². The van der Waals surface area contributed by atoms with E-state index in [0.717, 1.165) is 45.4 Å². The minimum atomic E-state index is 0.285. The largest absolute Gasteiger partial charge is 0.379 e. The van der Waals surface area contributed by atoms with Crippen LogP contribution in [-0.2, 0) is 9.47 Å². The second-order valence-corrected chi connectivity index (χ2v) is 5.00. The van der Waals surface area contributed by atoms with Crippen molar-refractivity contribution in [3.05, 3.63) is 0 Å². The fourth-order valence-electron chi connectivity index (χ4n) is 1.98. The molecule has 110 valence electrons. The SMILES string of the molecule is CC.CCN1CCO[C@H](COCCCC(C)C)C1. The summed E-state index contributed by atoms with van der Waals surface area (Å²) in [5.74, 6) is 0.783. The molecule has 1 heterocycles. The summed E-state index contributed by atoms with van der Waals surface area (Å²) in [4.78, 5) is 2.42. The van der Waals surface area contributed by atoms with Crippen LogP contribution in [0.1, 0.15) is 47.5 Å². The predicted molar refractivity (Wildman–Crippen MR) is 78.1 cm³/mol. The van der Waals surface area contributed by atoms with Gasteiger partial charge in [-0.3, -0.25) is 4.90 Å². The highest BCUT2D eigenvalue weighted by atomic mass is 16.5. The normalized spacial score (nSPS) is 20.7. The molecule has 3 nitrogen and oxygen atoms in total. The molecule has 1 rings (SSSR count). The molecule has 0 bridgehead atoms. The molecule has 0 aromatic carbocycles. The summed E-state index contributed by atoms with van der Waals surface area (Å²) in [6.45, 7) is 16.4. The third-order valence-corrected chi connectivity index (χ3v) is 3.04. The van der Waals surface area contributed by atoms with E-state index >= 15 is 0 Å². The fourth-order valence-corrected chi connectivity index (χ4v) is 1.98. The van der Waals surface area contributed by atoms with Gasteiger partial charge in [0.2, 0.25) is 0 Å². The first-order valence-electron chi connectivity index (χ1n) is 7.64. The maximum atomic E-state index is 5.67. The molecule has 0 aromatic heterocycles. The standard InChI is InChI=1S/C13H27NO2.C2H6/c1-4-14-7-9-16-13(10-14)11-15-8-5-6-12(2)3;1-2/h12-13H,4-11H2,1-3H3;1-2H3/t13-;/m0./s1. The zero-order valence-electron chi connectivity index (χ0n) is 13.1. The van der Waals surface area contributed by atoms with Crippen molar-refractivity contribution >= 4 is 0 Å². The predicted octanol–water partition coefficient (Wildman–Crippen LogP) is 3.19. The summed E-state index contributed by atoms with van der Waals surface area (Å²) in [6.07, 6.45) is 2.71. The van der Waals surface area contributed by atoms with E-state index in [0.29, 0.717) is 0 Å². The Morgan fingerprint density at radius 2 is 2.06 bits per heavy atom. The minimum absolute atomic E-state index is 0.285. The Kier molecular flexibility index (Phi) is 11.9. The summed E-state index contributed by atoms with van der Waals surface area (Å²) in [5.41, 5.74) is 0. The van der Waals surface area contributed by atoms with Gasteiger partial charge in [-0.15, -0.1) is 0 Å². The Labute approximate surface area is 114 Å². The van der Waals surface area contributed by atoms with Crippen LogP contribution < -0.4 is 0 Å². The zero-order valence-corrected chi connectivity index (χ0v) is 13.1. The molecule has 0 N–H and O–H groups in total. The molecular formula is C15H33NO2. The molecule has 1 aliphatic rings. The molecule has 1 fully saturated rings. The third-order valence-electron chi connectivity index (χ3n) is 3.04.